The van der Waals surface area contributed by atoms with Gasteiger partial charge in [0.1, 0.15) is 5.69 Å². The van der Waals surface area contributed by atoms with Crippen LogP contribution in [0.2, 0.25) is 0 Å². The molecule has 0 aromatic carbocycles. The quantitative estimate of drug-likeness (QED) is 0.718. The van der Waals surface area contributed by atoms with Gasteiger partial charge < -0.3 is 4.74 Å². The highest BCUT2D eigenvalue weighted by Crippen LogP contribution is 2.35. The highest BCUT2D eigenvalue weighted by molar-refractivity contribution is 5.71. The Kier molecular flexibility index (Phi) is 3.06. The average Bonchev–Trinajstić information content (AvgIpc) is 2.28. The van der Waals surface area contributed by atoms with Gasteiger partial charge in [-0.15, -0.1) is 0 Å². The molecule has 16 heavy (non-hydrogen) atoms. The Labute approximate surface area is 95.8 Å². The van der Waals surface area contributed by atoms with Crippen molar-refractivity contribution in [3.05, 3.63) is 29.6 Å². The molecule has 3 heteroatoms. The molecular formula is C13H17NO2. The number of ether oxygens (including phenoxy) is 1. The van der Waals surface area contributed by atoms with E-state index in [-0.39, 0.29) is 5.60 Å². The van der Waals surface area contributed by atoms with Gasteiger partial charge in [0.2, 0.25) is 0 Å². The number of pyridine rings is 1. The summed E-state index contributed by atoms with van der Waals surface area (Å²) < 4.78 is 5.69. The summed E-state index contributed by atoms with van der Waals surface area (Å²) in [5, 5.41) is 0. The fourth-order valence-corrected chi connectivity index (χ4v) is 2.30. The van der Waals surface area contributed by atoms with E-state index in [1.807, 2.05) is 12.1 Å². The van der Waals surface area contributed by atoms with Crippen molar-refractivity contribution in [2.45, 2.75) is 38.2 Å². The van der Waals surface area contributed by atoms with Gasteiger partial charge in [-0.25, -0.2) is 0 Å². The maximum atomic E-state index is 10.7. The van der Waals surface area contributed by atoms with Crippen molar-refractivity contribution in [3.8, 4) is 0 Å². The van der Waals surface area contributed by atoms with Gasteiger partial charge in [-0.05, 0) is 50.3 Å². The van der Waals surface area contributed by atoms with E-state index in [1.54, 1.807) is 6.20 Å². The Morgan fingerprint density at radius 3 is 3.06 bits per heavy atom. The standard InChI is InChI=1S/C13H17NO2/c1-13(2)8-11(4-6-16-13)10-3-5-14-12(7-10)9-15/h3,5,7,9,11H,4,6,8H2,1-2H3/t11-/m0/s1. The van der Waals surface area contributed by atoms with Gasteiger partial charge in [0.25, 0.3) is 0 Å². The van der Waals surface area contributed by atoms with Crippen molar-refractivity contribution < 1.29 is 9.53 Å². The summed E-state index contributed by atoms with van der Waals surface area (Å²) in [7, 11) is 0. The first-order valence-corrected chi connectivity index (χ1v) is 5.66. The van der Waals surface area contributed by atoms with E-state index >= 15 is 0 Å². The number of hydrogen-bond acceptors (Lipinski definition) is 3. The summed E-state index contributed by atoms with van der Waals surface area (Å²) in [6.07, 6.45) is 4.52. The van der Waals surface area contributed by atoms with Gasteiger partial charge in [-0.1, -0.05) is 0 Å². The molecule has 86 valence electrons. The molecule has 0 spiro atoms. The molecule has 1 aliphatic rings. The molecule has 0 aliphatic carbocycles. The number of carbonyl (C=O) groups is 1. The van der Waals surface area contributed by atoms with E-state index in [0.29, 0.717) is 11.6 Å². The lowest BCUT2D eigenvalue weighted by Gasteiger charge is -2.35. The number of carbonyl (C=O) groups excluding carboxylic acids is 1. The van der Waals surface area contributed by atoms with Crippen LogP contribution in [0.25, 0.3) is 0 Å². The minimum Gasteiger partial charge on any atom is -0.376 e. The first kappa shape index (κ1) is 11.3. The van der Waals surface area contributed by atoms with Crippen LogP contribution in [0.5, 0.6) is 0 Å². The topological polar surface area (TPSA) is 39.2 Å². The number of rotatable bonds is 2. The lowest BCUT2D eigenvalue weighted by atomic mass is 9.84. The summed E-state index contributed by atoms with van der Waals surface area (Å²) in [6, 6.07) is 3.89. The van der Waals surface area contributed by atoms with E-state index in [0.717, 1.165) is 25.7 Å². The maximum absolute atomic E-state index is 10.7. The van der Waals surface area contributed by atoms with Crippen LogP contribution in [0, 0.1) is 0 Å². The SMILES string of the molecule is CC1(C)C[C@@H](c2ccnc(C=O)c2)CCO1. The smallest absolute Gasteiger partial charge is 0.168 e. The molecule has 0 N–H and O–H groups in total. The summed E-state index contributed by atoms with van der Waals surface area (Å²) in [4.78, 5) is 14.7. The molecule has 1 saturated heterocycles. The largest absolute Gasteiger partial charge is 0.376 e. The Morgan fingerprint density at radius 1 is 1.56 bits per heavy atom. The third kappa shape index (κ3) is 2.47. The molecule has 0 radical (unpaired) electrons. The zero-order chi connectivity index (χ0) is 11.6. The minimum absolute atomic E-state index is 0.0620. The van der Waals surface area contributed by atoms with Crippen molar-refractivity contribution in [1.29, 1.82) is 0 Å². The molecule has 1 aromatic heterocycles. The fourth-order valence-electron chi connectivity index (χ4n) is 2.30. The van der Waals surface area contributed by atoms with Crippen molar-refractivity contribution in [2.75, 3.05) is 6.61 Å². The van der Waals surface area contributed by atoms with Gasteiger partial charge in [0, 0.05) is 12.8 Å². The Balaban J connectivity index is 2.20. The highest BCUT2D eigenvalue weighted by Gasteiger charge is 2.29. The summed E-state index contributed by atoms with van der Waals surface area (Å²) in [6.45, 7) is 5.01. The fraction of sp³-hybridized carbons (Fsp3) is 0.538. The number of aldehydes is 1. The lowest BCUT2D eigenvalue weighted by molar-refractivity contribution is -0.0593. The van der Waals surface area contributed by atoms with E-state index < -0.39 is 0 Å². The summed E-state index contributed by atoms with van der Waals surface area (Å²) in [5.41, 5.74) is 1.66. The number of hydrogen-bond donors (Lipinski definition) is 0. The zero-order valence-corrected chi connectivity index (χ0v) is 9.77. The molecule has 1 atom stereocenters. The monoisotopic (exact) mass is 219 g/mol. The lowest BCUT2D eigenvalue weighted by Crippen LogP contribution is -2.33. The van der Waals surface area contributed by atoms with Crippen molar-refractivity contribution >= 4 is 6.29 Å². The van der Waals surface area contributed by atoms with E-state index in [9.17, 15) is 4.79 Å². The van der Waals surface area contributed by atoms with Gasteiger partial charge in [-0.2, -0.15) is 0 Å². The van der Waals surface area contributed by atoms with Crippen molar-refractivity contribution in [1.82, 2.24) is 4.98 Å². The molecule has 2 rings (SSSR count). The maximum Gasteiger partial charge on any atom is 0.168 e. The van der Waals surface area contributed by atoms with Crippen LogP contribution in [0.15, 0.2) is 18.3 Å². The van der Waals surface area contributed by atoms with Gasteiger partial charge in [0.15, 0.2) is 6.29 Å². The van der Waals surface area contributed by atoms with Crippen LogP contribution in [0.4, 0.5) is 0 Å². The third-order valence-electron chi connectivity index (χ3n) is 3.09. The van der Waals surface area contributed by atoms with Gasteiger partial charge >= 0.3 is 0 Å². The first-order chi connectivity index (χ1) is 7.61. The van der Waals surface area contributed by atoms with Crippen LogP contribution in [-0.4, -0.2) is 23.5 Å². The Bertz CT molecular complexity index is 387. The Hall–Kier alpha value is -1.22. The number of nitrogens with zero attached hydrogens (tertiary/aromatic N) is 1. The summed E-state index contributed by atoms with van der Waals surface area (Å²) >= 11 is 0. The summed E-state index contributed by atoms with van der Waals surface area (Å²) in [5.74, 6) is 0.477. The predicted octanol–water partition coefficient (Wildman–Crippen LogP) is 2.57. The Morgan fingerprint density at radius 2 is 2.38 bits per heavy atom. The molecule has 3 nitrogen and oxygen atoms in total. The number of aromatic nitrogens is 1. The van der Waals surface area contributed by atoms with Gasteiger partial charge in [0.05, 0.1) is 5.60 Å². The third-order valence-corrected chi connectivity index (χ3v) is 3.09. The highest BCUT2D eigenvalue weighted by atomic mass is 16.5. The molecule has 1 aliphatic heterocycles. The molecule has 1 aromatic rings. The molecule has 0 bridgehead atoms. The van der Waals surface area contributed by atoms with Crippen LogP contribution in [0.3, 0.4) is 0 Å². The zero-order valence-electron chi connectivity index (χ0n) is 9.77. The molecular weight excluding hydrogens is 202 g/mol. The average molecular weight is 219 g/mol. The second-order valence-corrected chi connectivity index (χ2v) is 4.93. The second kappa shape index (κ2) is 4.34. The van der Waals surface area contributed by atoms with Gasteiger partial charge in [-0.3, -0.25) is 9.78 Å². The van der Waals surface area contributed by atoms with Crippen LogP contribution < -0.4 is 0 Å². The minimum atomic E-state index is -0.0620. The molecule has 2 heterocycles. The van der Waals surface area contributed by atoms with E-state index in [4.69, 9.17) is 4.74 Å². The van der Waals surface area contributed by atoms with Crippen molar-refractivity contribution in [3.63, 3.8) is 0 Å². The molecule has 0 amide bonds. The molecule has 0 saturated carbocycles. The normalized spacial score (nSPS) is 24.0. The van der Waals surface area contributed by atoms with Crippen LogP contribution >= 0.6 is 0 Å². The predicted molar refractivity (Wildman–Crippen MR) is 61.6 cm³/mol. The molecule has 1 fully saturated rings. The van der Waals surface area contributed by atoms with Crippen molar-refractivity contribution in [2.24, 2.45) is 0 Å². The first-order valence-electron chi connectivity index (χ1n) is 5.66. The second-order valence-electron chi connectivity index (χ2n) is 4.93. The van der Waals surface area contributed by atoms with E-state index in [1.165, 1.54) is 5.56 Å². The molecule has 0 unspecified atom stereocenters. The van der Waals surface area contributed by atoms with Crippen LogP contribution in [0.1, 0.15) is 48.7 Å². The van der Waals surface area contributed by atoms with Crippen LogP contribution in [-0.2, 0) is 4.74 Å². The van der Waals surface area contributed by atoms with E-state index in [2.05, 4.69) is 18.8 Å².